The van der Waals surface area contributed by atoms with Crippen LogP contribution in [-0.4, -0.2) is 89.0 Å². The van der Waals surface area contributed by atoms with Crippen LogP contribution in [0.4, 0.5) is 4.79 Å². The molecule has 2 heterocycles. The fraction of sp³-hybridized carbons (Fsp3) is 0.412. The van der Waals surface area contributed by atoms with Crippen molar-refractivity contribution in [2.75, 3.05) is 46.6 Å². The van der Waals surface area contributed by atoms with Crippen LogP contribution in [0.2, 0.25) is 0 Å². The van der Waals surface area contributed by atoms with Gasteiger partial charge in [0.15, 0.2) is 0 Å². The van der Waals surface area contributed by atoms with Crippen molar-refractivity contribution >= 4 is 6.09 Å². The van der Waals surface area contributed by atoms with Crippen molar-refractivity contribution in [2.45, 2.75) is 44.4 Å². The van der Waals surface area contributed by atoms with Crippen molar-refractivity contribution in [3.8, 4) is 17.2 Å². The van der Waals surface area contributed by atoms with Gasteiger partial charge in [-0.3, -0.25) is 0 Å². The number of aryl methyl sites for hydroxylation is 2. The normalized spacial score (nSPS) is 16.2. The number of hydrogen-bond acceptors (Lipinski definition) is 9. The Morgan fingerprint density at radius 3 is 2.46 bits per heavy atom. The maximum Gasteiger partial charge on any atom is 0.407 e. The van der Waals surface area contributed by atoms with Crippen molar-refractivity contribution in [1.82, 2.24) is 25.1 Å². The topological polar surface area (TPSA) is 130 Å². The Morgan fingerprint density at radius 2 is 1.70 bits per heavy atom. The average molecular weight is 632 g/mol. The highest BCUT2D eigenvalue weighted by molar-refractivity contribution is 5.65. The molecule has 2 atom stereocenters. The van der Waals surface area contributed by atoms with Gasteiger partial charge in [-0.15, -0.1) is 5.10 Å². The second-order valence-electron chi connectivity index (χ2n) is 10.9. The first-order valence-electron chi connectivity index (χ1n) is 15.5. The number of hydrogen-bond donors (Lipinski definition) is 1. The van der Waals surface area contributed by atoms with Crippen molar-refractivity contribution in [3.05, 3.63) is 95.8 Å². The predicted octanol–water partition coefficient (Wildman–Crippen LogP) is 4.84. The number of carboxylic acid groups (broad SMARTS) is 1. The highest BCUT2D eigenvalue weighted by Gasteiger charge is 2.33. The van der Waals surface area contributed by atoms with E-state index >= 15 is 0 Å². The van der Waals surface area contributed by atoms with E-state index in [1.165, 1.54) is 4.90 Å². The van der Waals surface area contributed by atoms with Gasteiger partial charge < -0.3 is 33.7 Å². The Kier molecular flexibility index (Phi) is 12.2. The third-order valence-corrected chi connectivity index (χ3v) is 7.94. The molecule has 1 aliphatic rings. The van der Waals surface area contributed by atoms with Crippen molar-refractivity contribution in [1.29, 1.82) is 0 Å². The summed E-state index contributed by atoms with van der Waals surface area (Å²) in [6, 6.07) is 23.7. The quantitative estimate of drug-likeness (QED) is 0.162. The molecule has 12 nitrogen and oxygen atoms in total. The highest BCUT2D eigenvalue weighted by Crippen LogP contribution is 2.32. The van der Waals surface area contributed by atoms with Gasteiger partial charge in [0, 0.05) is 31.0 Å². The fourth-order valence-electron chi connectivity index (χ4n) is 5.53. The molecule has 5 rings (SSSR count). The monoisotopic (exact) mass is 631 g/mol. The number of benzene rings is 3. The number of para-hydroxylation sites is 2. The van der Waals surface area contributed by atoms with E-state index < -0.39 is 6.09 Å². The summed E-state index contributed by atoms with van der Waals surface area (Å²) in [6.07, 6.45) is 2.50. The molecule has 0 saturated carbocycles. The van der Waals surface area contributed by atoms with Crippen LogP contribution in [0, 0.1) is 0 Å². The highest BCUT2D eigenvalue weighted by atomic mass is 16.5. The Hall–Kier alpha value is -4.68. The molecule has 2 unspecified atom stereocenters. The van der Waals surface area contributed by atoms with Gasteiger partial charge in [-0.1, -0.05) is 48.5 Å². The first-order chi connectivity index (χ1) is 22.6. The summed E-state index contributed by atoms with van der Waals surface area (Å²) in [4.78, 5) is 13.2. The number of likely N-dealkylation sites (tertiary alicyclic amines) is 1. The van der Waals surface area contributed by atoms with Crippen LogP contribution < -0.4 is 14.2 Å². The SMILES string of the molecule is COc1ccccc1COCCCOc1ccc(C2CCN(C(=O)O)CC2OCCOc2ccccc2CCn2cnnn2)cc1. The summed E-state index contributed by atoms with van der Waals surface area (Å²) in [7, 11) is 1.66. The molecule has 1 aromatic heterocycles. The molecule has 1 amide bonds. The Balaban J connectivity index is 1.08. The van der Waals surface area contributed by atoms with Gasteiger partial charge in [0.1, 0.15) is 30.2 Å². The zero-order valence-corrected chi connectivity index (χ0v) is 26.1. The van der Waals surface area contributed by atoms with Crippen LogP contribution in [0.3, 0.4) is 0 Å². The molecule has 0 radical (unpaired) electrons. The lowest BCUT2D eigenvalue weighted by molar-refractivity contribution is -0.0207. The van der Waals surface area contributed by atoms with Gasteiger partial charge in [-0.25, -0.2) is 9.48 Å². The minimum Gasteiger partial charge on any atom is -0.496 e. The van der Waals surface area contributed by atoms with E-state index in [0.29, 0.717) is 59.1 Å². The van der Waals surface area contributed by atoms with E-state index in [9.17, 15) is 9.90 Å². The summed E-state index contributed by atoms with van der Waals surface area (Å²) in [6.45, 7) is 3.67. The van der Waals surface area contributed by atoms with Crippen molar-refractivity contribution in [3.63, 3.8) is 0 Å². The maximum absolute atomic E-state index is 11.8. The van der Waals surface area contributed by atoms with Gasteiger partial charge in [0.05, 0.1) is 46.2 Å². The number of aromatic nitrogens is 4. The minimum absolute atomic E-state index is 0.0524. The molecule has 1 N–H and O–H groups in total. The van der Waals surface area contributed by atoms with Crippen molar-refractivity contribution in [2.24, 2.45) is 0 Å². The van der Waals surface area contributed by atoms with E-state index in [-0.39, 0.29) is 12.0 Å². The predicted molar refractivity (Wildman–Crippen MR) is 169 cm³/mol. The van der Waals surface area contributed by atoms with Crippen LogP contribution in [0.15, 0.2) is 79.1 Å². The molecule has 0 spiro atoms. The lowest BCUT2D eigenvalue weighted by Gasteiger charge is -2.37. The molecule has 1 saturated heterocycles. The molecule has 4 aromatic rings. The van der Waals surface area contributed by atoms with E-state index in [2.05, 4.69) is 15.5 Å². The molecule has 12 heteroatoms. The lowest BCUT2D eigenvalue weighted by Crippen LogP contribution is -2.46. The maximum atomic E-state index is 11.8. The number of tetrazole rings is 1. The zero-order chi connectivity index (χ0) is 32.0. The fourth-order valence-corrected chi connectivity index (χ4v) is 5.53. The molecule has 1 fully saturated rings. The Bertz CT molecular complexity index is 1490. The van der Waals surface area contributed by atoms with Gasteiger partial charge >= 0.3 is 6.09 Å². The summed E-state index contributed by atoms with van der Waals surface area (Å²) < 4.78 is 31.1. The smallest absolute Gasteiger partial charge is 0.407 e. The zero-order valence-electron chi connectivity index (χ0n) is 26.1. The Morgan fingerprint density at radius 1 is 0.913 bits per heavy atom. The van der Waals surface area contributed by atoms with E-state index in [0.717, 1.165) is 46.8 Å². The molecule has 1 aliphatic heterocycles. The Labute approximate surface area is 268 Å². The summed E-state index contributed by atoms with van der Waals surface area (Å²) in [5.41, 5.74) is 3.16. The van der Waals surface area contributed by atoms with Gasteiger partial charge in [-0.05, 0) is 58.7 Å². The number of methoxy groups -OCH3 is 1. The molecule has 0 aliphatic carbocycles. The first-order valence-corrected chi connectivity index (χ1v) is 15.5. The van der Waals surface area contributed by atoms with Crippen LogP contribution in [0.5, 0.6) is 17.2 Å². The third-order valence-electron chi connectivity index (χ3n) is 7.94. The lowest BCUT2D eigenvalue weighted by atomic mass is 9.87. The van der Waals surface area contributed by atoms with Crippen LogP contribution in [-0.2, 0) is 29.0 Å². The molecule has 3 aromatic carbocycles. The van der Waals surface area contributed by atoms with Gasteiger partial charge in [0.2, 0.25) is 0 Å². The summed E-state index contributed by atoms with van der Waals surface area (Å²) in [5, 5.41) is 20.9. The number of amides is 1. The van der Waals surface area contributed by atoms with Crippen LogP contribution in [0.1, 0.15) is 35.4 Å². The number of nitrogens with zero attached hydrogens (tertiary/aromatic N) is 5. The molecule has 0 bridgehead atoms. The number of ether oxygens (including phenoxy) is 5. The number of rotatable bonds is 17. The first kappa shape index (κ1) is 32.7. The standard InChI is InChI=1S/C34H41N5O7/c1-42-31-9-4-3-8-28(31)24-43-19-6-20-44-29-13-11-26(12-14-29)30-16-17-38(34(40)41)23-33(30)46-22-21-45-32-10-5-2-7-27(32)15-18-39-25-35-36-37-39/h2-5,7-14,25,30,33H,6,15-24H2,1H3,(H,40,41). The number of carbonyl (C=O) groups is 1. The van der Waals surface area contributed by atoms with Crippen molar-refractivity contribution < 1.29 is 33.6 Å². The van der Waals surface area contributed by atoms with Crippen LogP contribution >= 0.6 is 0 Å². The third kappa shape index (κ3) is 9.41. The van der Waals surface area contributed by atoms with Gasteiger partial charge in [-0.2, -0.15) is 0 Å². The second kappa shape index (κ2) is 17.1. The molecule has 244 valence electrons. The summed E-state index contributed by atoms with van der Waals surface area (Å²) in [5.74, 6) is 2.44. The number of piperidine rings is 1. The van der Waals surface area contributed by atoms with E-state index in [1.54, 1.807) is 18.1 Å². The minimum atomic E-state index is -0.935. The van der Waals surface area contributed by atoms with Gasteiger partial charge in [0.25, 0.3) is 0 Å². The molecular formula is C34H41N5O7. The largest absolute Gasteiger partial charge is 0.496 e. The molecular weight excluding hydrogens is 590 g/mol. The second-order valence-corrected chi connectivity index (χ2v) is 10.9. The summed E-state index contributed by atoms with van der Waals surface area (Å²) >= 11 is 0. The molecule has 46 heavy (non-hydrogen) atoms. The van der Waals surface area contributed by atoms with E-state index in [4.69, 9.17) is 23.7 Å². The van der Waals surface area contributed by atoms with Crippen LogP contribution in [0.25, 0.3) is 0 Å². The average Bonchev–Trinajstić information content (AvgIpc) is 3.62. The van der Waals surface area contributed by atoms with E-state index in [1.807, 2.05) is 72.8 Å².